The van der Waals surface area contributed by atoms with Crippen LogP contribution in [0.25, 0.3) is 0 Å². The van der Waals surface area contributed by atoms with Gasteiger partial charge in [0.15, 0.2) is 0 Å². The van der Waals surface area contributed by atoms with Crippen LogP contribution in [0.4, 0.5) is 0 Å². The Balaban J connectivity index is 2.35. The molecule has 0 spiro atoms. The third-order valence-corrected chi connectivity index (χ3v) is 3.00. The van der Waals surface area contributed by atoms with Crippen molar-refractivity contribution in [1.82, 2.24) is 4.90 Å². The monoisotopic (exact) mass is 249 g/mol. The van der Waals surface area contributed by atoms with Gasteiger partial charge in [-0.05, 0) is 31.7 Å². The van der Waals surface area contributed by atoms with Gasteiger partial charge in [-0.1, -0.05) is 36.8 Å². The van der Waals surface area contributed by atoms with Gasteiger partial charge in [-0.25, -0.2) is 0 Å². The standard InChI is InChI=1S/C15H23NO2/c1-3-5-15(18)16(12-17)11-4-6-14-9-7-13(2)8-10-14/h7-10,17H,3-6,11-12H2,1-2H3. The largest absolute Gasteiger partial charge is 0.376 e. The van der Waals surface area contributed by atoms with E-state index >= 15 is 0 Å². The van der Waals surface area contributed by atoms with Gasteiger partial charge in [0.1, 0.15) is 6.73 Å². The van der Waals surface area contributed by atoms with Gasteiger partial charge < -0.3 is 10.0 Å². The summed E-state index contributed by atoms with van der Waals surface area (Å²) >= 11 is 0. The van der Waals surface area contributed by atoms with Gasteiger partial charge >= 0.3 is 0 Å². The van der Waals surface area contributed by atoms with E-state index in [1.54, 1.807) is 0 Å². The van der Waals surface area contributed by atoms with Crippen LogP contribution in [0.15, 0.2) is 24.3 Å². The predicted molar refractivity (Wildman–Crippen MR) is 73.2 cm³/mol. The second-order valence-electron chi connectivity index (χ2n) is 4.64. The highest BCUT2D eigenvalue weighted by Crippen LogP contribution is 2.07. The Morgan fingerprint density at radius 2 is 1.94 bits per heavy atom. The Morgan fingerprint density at radius 1 is 1.28 bits per heavy atom. The molecule has 1 aromatic carbocycles. The molecule has 18 heavy (non-hydrogen) atoms. The minimum atomic E-state index is -0.174. The van der Waals surface area contributed by atoms with Crippen molar-refractivity contribution in [3.05, 3.63) is 35.4 Å². The lowest BCUT2D eigenvalue weighted by Crippen LogP contribution is -2.32. The number of benzene rings is 1. The fourth-order valence-electron chi connectivity index (χ4n) is 1.88. The molecule has 0 saturated carbocycles. The molecule has 0 heterocycles. The molecule has 0 bridgehead atoms. The minimum Gasteiger partial charge on any atom is -0.376 e. The van der Waals surface area contributed by atoms with Crippen molar-refractivity contribution in [2.24, 2.45) is 0 Å². The number of aliphatic hydroxyl groups excluding tert-OH is 1. The number of aryl methyl sites for hydroxylation is 2. The minimum absolute atomic E-state index is 0.0453. The third kappa shape index (κ3) is 4.88. The van der Waals surface area contributed by atoms with Crippen molar-refractivity contribution in [3.63, 3.8) is 0 Å². The Bertz CT molecular complexity index is 359. The van der Waals surface area contributed by atoms with Crippen LogP contribution in [-0.2, 0) is 11.2 Å². The van der Waals surface area contributed by atoms with Gasteiger partial charge in [0, 0.05) is 13.0 Å². The maximum Gasteiger partial charge on any atom is 0.224 e. The molecule has 0 radical (unpaired) electrons. The normalized spacial score (nSPS) is 10.4. The molecule has 1 aromatic rings. The fourth-order valence-corrected chi connectivity index (χ4v) is 1.88. The number of amides is 1. The molecular weight excluding hydrogens is 226 g/mol. The lowest BCUT2D eigenvalue weighted by Gasteiger charge is -2.19. The Hall–Kier alpha value is -1.35. The zero-order valence-electron chi connectivity index (χ0n) is 11.4. The van der Waals surface area contributed by atoms with E-state index < -0.39 is 0 Å². The van der Waals surface area contributed by atoms with Crippen molar-refractivity contribution in [2.45, 2.75) is 39.5 Å². The first kappa shape index (κ1) is 14.7. The van der Waals surface area contributed by atoms with E-state index in [9.17, 15) is 4.79 Å². The van der Waals surface area contributed by atoms with Gasteiger partial charge in [0.25, 0.3) is 0 Å². The molecule has 0 unspecified atom stereocenters. The molecule has 1 amide bonds. The topological polar surface area (TPSA) is 40.5 Å². The van der Waals surface area contributed by atoms with Gasteiger partial charge in [-0.3, -0.25) is 4.79 Å². The Morgan fingerprint density at radius 3 is 2.50 bits per heavy atom. The smallest absolute Gasteiger partial charge is 0.224 e. The van der Waals surface area contributed by atoms with E-state index in [0.29, 0.717) is 13.0 Å². The Kier molecular flexibility index (Phi) is 6.44. The maximum atomic E-state index is 11.6. The summed E-state index contributed by atoms with van der Waals surface area (Å²) in [6.45, 7) is 4.50. The van der Waals surface area contributed by atoms with Gasteiger partial charge in [0.05, 0.1) is 0 Å². The molecule has 0 saturated heterocycles. The molecule has 0 aliphatic heterocycles. The molecular formula is C15H23NO2. The summed E-state index contributed by atoms with van der Waals surface area (Å²) in [4.78, 5) is 13.2. The highest BCUT2D eigenvalue weighted by Gasteiger charge is 2.10. The van der Waals surface area contributed by atoms with Gasteiger partial charge in [-0.15, -0.1) is 0 Å². The fraction of sp³-hybridized carbons (Fsp3) is 0.533. The number of aliphatic hydroxyl groups is 1. The second-order valence-corrected chi connectivity index (χ2v) is 4.64. The lowest BCUT2D eigenvalue weighted by molar-refractivity contribution is -0.134. The number of nitrogens with zero attached hydrogens (tertiary/aromatic N) is 1. The molecule has 0 aromatic heterocycles. The number of rotatable bonds is 7. The van der Waals surface area contributed by atoms with Gasteiger partial charge in [0.2, 0.25) is 5.91 Å². The van der Waals surface area contributed by atoms with Crippen molar-refractivity contribution >= 4 is 5.91 Å². The van der Waals surface area contributed by atoms with Crippen LogP contribution in [-0.4, -0.2) is 29.2 Å². The third-order valence-electron chi connectivity index (χ3n) is 3.00. The average molecular weight is 249 g/mol. The number of carbonyl (C=O) groups excluding carboxylic acids is 1. The van der Waals surface area contributed by atoms with Crippen molar-refractivity contribution < 1.29 is 9.90 Å². The van der Waals surface area contributed by atoms with E-state index in [0.717, 1.165) is 19.3 Å². The summed E-state index contributed by atoms with van der Waals surface area (Å²) in [7, 11) is 0. The Labute approximate surface area is 109 Å². The van der Waals surface area contributed by atoms with E-state index in [4.69, 9.17) is 5.11 Å². The second kappa shape index (κ2) is 7.88. The first-order valence-electron chi connectivity index (χ1n) is 6.61. The molecule has 100 valence electrons. The highest BCUT2D eigenvalue weighted by atomic mass is 16.3. The van der Waals surface area contributed by atoms with Crippen molar-refractivity contribution in [1.29, 1.82) is 0 Å². The summed E-state index contributed by atoms with van der Waals surface area (Å²) in [5.41, 5.74) is 2.54. The molecule has 3 nitrogen and oxygen atoms in total. The molecule has 0 atom stereocenters. The number of hydrogen-bond donors (Lipinski definition) is 1. The highest BCUT2D eigenvalue weighted by molar-refractivity contribution is 5.75. The van der Waals surface area contributed by atoms with Crippen LogP contribution >= 0.6 is 0 Å². The first-order valence-corrected chi connectivity index (χ1v) is 6.61. The first-order chi connectivity index (χ1) is 8.67. The van der Waals surface area contributed by atoms with Crippen LogP contribution in [0, 0.1) is 6.92 Å². The zero-order chi connectivity index (χ0) is 13.4. The lowest BCUT2D eigenvalue weighted by atomic mass is 10.1. The van der Waals surface area contributed by atoms with E-state index in [1.807, 2.05) is 6.92 Å². The van der Waals surface area contributed by atoms with Crippen LogP contribution in [0.5, 0.6) is 0 Å². The summed E-state index contributed by atoms with van der Waals surface area (Å²) in [5, 5.41) is 9.16. The zero-order valence-corrected chi connectivity index (χ0v) is 11.4. The van der Waals surface area contributed by atoms with Crippen molar-refractivity contribution in [2.75, 3.05) is 13.3 Å². The van der Waals surface area contributed by atoms with E-state index in [-0.39, 0.29) is 12.6 Å². The average Bonchev–Trinajstić information content (AvgIpc) is 2.37. The molecule has 0 aliphatic rings. The number of hydrogen-bond acceptors (Lipinski definition) is 2. The van der Waals surface area contributed by atoms with Gasteiger partial charge in [-0.2, -0.15) is 0 Å². The van der Waals surface area contributed by atoms with Crippen molar-refractivity contribution in [3.8, 4) is 0 Å². The van der Waals surface area contributed by atoms with Crippen LogP contribution < -0.4 is 0 Å². The van der Waals surface area contributed by atoms with Crippen LogP contribution in [0.2, 0.25) is 0 Å². The molecule has 0 aliphatic carbocycles. The number of carbonyl (C=O) groups is 1. The summed E-state index contributed by atoms with van der Waals surface area (Å²) in [6.07, 6.45) is 3.17. The molecule has 0 fully saturated rings. The molecule has 1 rings (SSSR count). The van der Waals surface area contributed by atoms with E-state index in [2.05, 4.69) is 31.2 Å². The maximum absolute atomic E-state index is 11.6. The van der Waals surface area contributed by atoms with E-state index in [1.165, 1.54) is 16.0 Å². The molecule has 1 N–H and O–H groups in total. The predicted octanol–water partition coefficient (Wildman–Crippen LogP) is 2.51. The summed E-state index contributed by atoms with van der Waals surface area (Å²) in [6, 6.07) is 8.43. The quantitative estimate of drug-likeness (QED) is 0.754. The van der Waals surface area contributed by atoms with Crippen LogP contribution in [0.3, 0.4) is 0 Å². The SMILES string of the molecule is CCCC(=O)N(CO)CCCc1ccc(C)cc1. The summed E-state index contributed by atoms with van der Waals surface area (Å²) < 4.78 is 0. The molecule has 3 heteroatoms. The summed E-state index contributed by atoms with van der Waals surface area (Å²) in [5.74, 6) is 0.0453. The van der Waals surface area contributed by atoms with Crippen LogP contribution in [0.1, 0.15) is 37.3 Å².